The van der Waals surface area contributed by atoms with E-state index in [1.54, 1.807) is 18.9 Å². The van der Waals surface area contributed by atoms with Crippen LogP contribution in [-0.2, 0) is 12.8 Å². The highest BCUT2D eigenvalue weighted by molar-refractivity contribution is 8.00. The lowest BCUT2D eigenvalue weighted by molar-refractivity contribution is 0.102. The first-order valence-electron chi connectivity index (χ1n) is 7.18. The monoisotopic (exact) mass is 298 g/mol. The molecule has 0 atom stereocenters. The van der Waals surface area contributed by atoms with Gasteiger partial charge in [-0.1, -0.05) is 6.07 Å². The molecular weight excluding hydrogens is 280 g/mol. The van der Waals surface area contributed by atoms with Crippen molar-refractivity contribution in [1.29, 1.82) is 0 Å². The van der Waals surface area contributed by atoms with Gasteiger partial charge in [-0.2, -0.15) is 0 Å². The van der Waals surface area contributed by atoms with Crippen LogP contribution in [0.5, 0.6) is 5.75 Å². The third-order valence-electron chi connectivity index (χ3n) is 3.85. The maximum atomic E-state index is 12.2. The van der Waals surface area contributed by atoms with Gasteiger partial charge in [0.1, 0.15) is 5.75 Å². The second kappa shape index (κ2) is 6.35. The third kappa shape index (κ3) is 3.30. The first-order chi connectivity index (χ1) is 10.3. The summed E-state index contributed by atoms with van der Waals surface area (Å²) in [7, 11) is 1.63. The fourth-order valence-corrected chi connectivity index (χ4v) is 3.50. The molecule has 0 aromatic heterocycles. The molecule has 0 unspecified atom stereocenters. The molecule has 0 saturated carbocycles. The van der Waals surface area contributed by atoms with Gasteiger partial charge in [-0.15, -0.1) is 11.8 Å². The fourth-order valence-electron chi connectivity index (χ4n) is 2.65. The number of ketones is 1. The number of methoxy groups -OCH3 is 1. The van der Waals surface area contributed by atoms with Crippen molar-refractivity contribution >= 4 is 17.5 Å². The van der Waals surface area contributed by atoms with Crippen LogP contribution in [0.1, 0.15) is 27.9 Å². The molecule has 0 N–H and O–H groups in total. The Bertz CT molecular complexity index is 647. The van der Waals surface area contributed by atoms with Gasteiger partial charge < -0.3 is 4.74 Å². The summed E-state index contributed by atoms with van der Waals surface area (Å²) in [4.78, 5) is 13.4. The van der Waals surface area contributed by atoms with E-state index in [4.69, 9.17) is 4.74 Å². The summed E-state index contributed by atoms with van der Waals surface area (Å²) in [6.45, 7) is 0. The average molecular weight is 298 g/mol. The maximum Gasteiger partial charge on any atom is 0.173 e. The van der Waals surface area contributed by atoms with Crippen LogP contribution in [-0.4, -0.2) is 18.6 Å². The molecule has 2 aromatic carbocycles. The van der Waals surface area contributed by atoms with Crippen molar-refractivity contribution < 1.29 is 9.53 Å². The van der Waals surface area contributed by atoms with Crippen LogP contribution in [0, 0.1) is 0 Å². The van der Waals surface area contributed by atoms with Crippen LogP contribution < -0.4 is 4.74 Å². The zero-order valence-electron chi connectivity index (χ0n) is 12.1. The number of aryl methyl sites for hydroxylation is 2. The smallest absolute Gasteiger partial charge is 0.173 e. The van der Waals surface area contributed by atoms with Crippen LogP contribution in [0.25, 0.3) is 0 Å². The van der Waals surface area contributed by atoms with E-state index in [9.17, 15) is 4.79 Å². The van der Waals surface area contributed by atoms with Crippen molar-refractivity contribution in [3.8, 4) is 5.75 Å². The predicted molar refractivity (Wildman–Crippen MR) is 86.5 cm³/mol. The SMILES string of the molecule is COc1ccc(C(=O)CSc2ccc3c(c2)CCC3)cc1. The Morgan fingerprint density at radius 1 is 1.10 bits per heavy atom. The van der Waals surface area contributed by atoms with E-state index in [0.717, 1.165) is 11.3 Å². The standard InChI is InChI=1S/C18H18O2S/c1-20-16-8-5-14(6-9-16)18(19)12-21-17-10-7-13-3-2-4-15(13)11-17/h5-11H,2-4,12H2,1H3. The molecule has 3 rings (SSSR count). The van der Waals surface area contributed by atoms with Gasteiger partial charge in [0, 0.05) is 10.5 Å². The van der Waals surface area contributed by atoms with Crippen LogP contribution in [0.15, 0.2) is 47.4 Å². The number of benzene rings is 2. The molecule has 0 saturated heterocycles. The van der Waals surface area contributed by atoms with E-state index in [1.165, 1.54) is 35.3 Å². The number of rotatable bonds is 5. The second-order valence-corrected chi connectivity index (χ2v) is 6.27. The summed E-state index contributed by atoms with van der Waals surface area (Å²) < 4.78 is 5.10. The lowest BCUT2D eigenvalue weighted by Gasteiger charge is -2.05. The van der Waals surface area contributed by atoms with Crippen LogP contribution in [0.3, 0.4) is 0 Å². The lowest BCUT2D eigenvalue weighted by atomic mass is 10.1. The zero-order valence-corrected chi connectivity index (χ0v) is 12.9. The molecule has 2 nitrogen and oxygen atoms in total. The fraction of sp³-hybridized carbons (Fsp3) is 0.278. The molecule has 0 amide bonds. The van der Waals surface area contributed by atoms with Gasteiger partial charge in [-0.05, 0) is 66.8 Å². The van der Waals surface area contributed by atoms with E-state index in [1.807, 2.05) is 24.3 Å². The van der Waals surface area contributed by atoms with Crippen molar-refractivity contribution in [3.63, 3.8) is 0 Å². The maximum absolute atomic E-state index is 12.2. The number of carbonyl (C=O) groups is 1. The summed E-state index contributed by atoms with van der Waals surface area (Å²) in [6.07, 6.45) is 3.63. The summed E-state index contributed by atoms with van der Waals surface area (Å²) in [5.74, 6) is 1.41. The lowest BCUT2D eigenvalue weighted by Crippen LogP contribution is -2.02. The van der Waals surface area contributed by atoms with Crippen molar-refractivity contribution in [3.05, 3.63) is 59.2 Å². The molecular formula is C18H18O2S. The van der Waals surface area contributed by atoms with Crippen LogP contribution in [0.2, 0.25) is 0 Å². The summed E-state index contributed by atoms with van der Waals surface area (Å²) in [5.41, 5.74) is 3.67. The minimum absolute atomic E-state index is 0.156. The zero-order chi connectivity index (χ0) is 14.7. The first kappa shape index (κ1) is 14.2. The van der Waals surface area contributed by atoms with Crippen molar-refractivity contribution in [2.45, 2.75) is 24.2 Å². The second-order valence-electron chi connectivity index (χ2n) is 5.22. The number of carbonyl (C=O) groups excluding carboxylic acids is 1. The number of hydrogen-bond acceptors (Lipinski definition) is 3. The summed E-state index contributed by atoms with van der Waals surface area (Å²) >= 11 is 1.62. The number of Topliss-reactive ketones (excluding diaryl/α,β-unsaturated/α-hetero) is 1. The quantitative estimate of drug-likeness (QED) is 0.612. The molecule has 1 aliphatic carbocycles. The van der Waals surface area contributed by atoms with Gasteiger partial charge in [-0.25, -0.2) is 0 Å². The van der Waals surface area contributed by atoms with E-state index >= 15 is 0 Å². The normalized spacial score (nSPS) is 13.0. The van der Waals surface area contributed by atoms with Gasteiger partial charge in [0.05, 0.1) is 12.9 Å². The third-order valence-corrected chi connectivity index (χ3v) is 4.85. The predicted octanol–water partition coefficient (Wildman–Crippen LogP) is 4.16. The van der Waals surface area contributed by atoms with Gasteiger partial charge in [0.2, 0.25) is 0 Å². The summed E-state index contributed by atoms with van der Waals surface area (Å²) in [5, 5.41) is 0. The Morgan fingerprint density at radius 3 is 2.62 bits per heavy atom. The van der Waals surface area contributed by atoms with Gasteiger partial charge in [0.25, 0.3) is 0 Å². The van der Waals surface area contributed by atoms with Crippen LogP contribution in [0.4, 0.5) is 0 Å². The molecule has 108 valence electrons. The van der Waals surface area contributed by atoms with Gasteiger partial charge in [0.15, 0.2) is 5.78 Å². The Hall–Kier alpha value is -1.74. The number of hydrogen-bond donors (Lipinski definition) is 0. The molecule has 0 heterocycles. The number of thioether (sulfide) groups is 1. The molecule has 0 aliphatic heterocycles. The van der Waals surface area contributed by atoms with E-state index in [0.29, 0.717) is 5.75 Å². The largest absolute Gasteiger partial charge is 0.497 e. The first-order valence-corrected chi connectivity index (χ1v) is 8.16. The highest BCUT2D eigenvalue weighted by Crippen LogP contribution is 2.28. The van der Waals surface area contributed by atoms with Crippen molar-refractivity contribution in [1.82, 2.24) is 0 Å². The van der Waals surface area contributed by atoms with E-state index in [2.05, 4.69) is 18.2 Å². The van der Waals surface area contributed by atoms with Crippen molar-refractivity contribution in [2.75, 3.05) is 12.9 Å². The highest BCUT2D eigenvalue weighted by Gasteiger charge is 2.12. The molecule has 0 spiro atoms. The van der Waals surface area contributed by atoms with E-state index in [-0.39, 0.29) is 5.78 Å². The minimum Gasteiger partial charge on any atom is -0.497 e. The Labute approximate surface area is 129 Å². The minimum atomic E-state index is 0.156. The van der Waals surface area contributed by atoms with Crippen molar-refractivity contribution in [2.24, 2.45) is 0 Å². The molecule has 0 fully saturated rings. The summed E-state index contributed by atoms with van der Waals surface area (Å²) in [6, 6.07) is 13.9. The highest BCUT2D eigenvalue weighted by atomic mass is 32.2. The van der Waals surface area contributed by atoms with Gasteiger partial charge in [-0.3, -0.25) is 4.79 Å². The molecule has 21 heavy (non-hydrogen) atoms. The molecule has 0 bridgehead atoms. The Morgan fingerprint density at radius 2 is 1.86 bits per heavy atom. The number of ether oxygens (including phenoxy) is 1. The Kier molecular flexibility index (Phi) is 4.30. The molecule has 0 radical (unpaired) electrons. The number of fused-ring (bicyclic) bond motifs is 1. The topological polar surface area (TPSA) is 26.3 Å². The Balaban J connectivity index is 1.62. The van der Waals surface area contributed by atoms with Gasteiger partial charge >= 0.3 is 0 Å². The van der Waals surface area contributed by atoms with Crippen LogP contribution >= 0.6 is 11.8 Å². The average Bonchev–Trinajstić information content (AvgIpc) is 3.00. The van der Waals surface area contributed by atoms with E-state index < -0.39 is 0 Å². The molecule has 2 aromatic rings. The molecule has 1 aliphatic rings. The molecule has 3 heteroatoms.